The summed E-state index contributed by atoms with van der Waals surface area (Å²) in [4.78, 5) is 36.7. The summed E-state index contributed by atoms with van der Waals surface area (Å²) < 4.78 is 13.7. The number of nitrogens with zero attached hydrogens (tertiary/aromatic N) is 7. The van der Waals surface area contributed by atoms with Gasteiger partial charge in [0.15, 0.2) is 0 Å². The van der Waals surface area contributed by atoms with E-state index in [0.29, 0.717) is 17.6 Å². The summed E-state index contributed by atoms with van der Waals surface area (Å²) >= 11 is 0. The van der Waals surface area contributed by atoms with Gasteiger partial charge in [0.05, 0.1) is 11.3 Å². The molecule has 42 heavy (non-hydrogen) atoms. The van der Waals surface area contributed by atoms with Crippen molar-refractivity contribution in [2.45, 2.75) is 70.9 Å². The molecule has 3 aliphatic rings. The highest BCUT2D eigenvalue weighted by Gasteiger charge is 2.27. The molecule has 222 valence electrons. The van der Waals surface area contributed by atoms with Gasteiger partial charge in [-0.05, 0) is 75.4 Å². The number of aryl methyl sites for hydroxylation is 1. The number of hydrogen-bond acceptors (Lipinski definition) is 7. The summed E-state index contributed by atoms with van der Waals surface area (Å²) in [6, 6.07) is 11.3. The van der Waals surface area contributed by atoms with Crippen LogP contribution in [0.2, 0.25) is 0 Å². The summed E-state index contributed by atoms with van der Waals surface area (Å²) in [7, 11) is 1.94. The quantitative estimate of drug-likeness (QED) is 0.376. The van der Waals surface area contributed by atoms with E-state index in [1.807, 2.05) is 24.1 Å². The number of aromatic nitrogens is 3. The first-order chi connectivity index (χ1) is 20.4. The van der Waals surface area contributed by atoms with Crippen molar-refractivity contribution < 1.29 is 9.18 Å². The summed E-state index contributed by atoms with van der Waals surface area (Å²) in [6.45, 7) is 8.41. The van der Waals surface area contributed by atoms with Gasteiger partial charge in [-0.25, -0.2) is 14.4 Å². The molecule has 8 nitrogen and oxygen atoms in total. The summed E-state index contributed by atoms with van der Waals surface area (Å²) in [6.07, 6.45) is 9.86. The Bertz CT molecular complexity index is 1400. The maximum Gasteiger partial charge on any atom is 0.255 e. The third-order valence-corrected chi connectivity index (χ3v) is 9.29. The third-order valence-electron chi connectivity index (χ3n) is 9.29. The number of amides is 1. The lowest BCUT2D eigenvalue weighted by atomic mass is 9.94. The number of piperazine rings is 1. The molecular weight excluding hydrogens is 529 g/mol. The molecule has 2 aromatic heterocycles. The van der Waals surface area contributed by atoms with Gasteiger partial charge in [-0.15, -0.1) is 0 Å². The highest BCUT2D eigenvalue weighted by Crippen LogP contribution is 2.30. The van der Waals surface area contributed by atoms with Crippen LogP contribution in [0.1, 0.15) is 67.8 Å². The first kappa shape index (κ1) is 28.4. The van der Waals surface area contributed by atoms with Gasteiger partial charge in [0.1, 0.15) is 17.5 Å². The summed E-state index contributed by atoms with van der Waals surface area (Å²) in [5, 5.41) is 0. The van der Waals surface area contributed by atoms with Crippen LogP contribution in [0.5, 0.6) is 0 Å². The molecule has 1 saturated carbocycles. The van der Waals surface area contributed by atoms with Gasteiger partial charge in [-0.2, -0.15) is 4.98 Å². The predicted octanol–water partition coefficient (Wildman–Crippen LogP) is 5.71. The average Bonchev–Trinajstić information content (AvgIpc) is 3.46. The molecule has 0 spiro atoms. The van der Waals surface area contributed by atoms with Crippen molar-refractivity contribution in [3.8, 4) is 11.3 Å². The van der Waals surface area contributed by atoms with E-state index in [0.717, 1.165) is 92.8 Å². The molecule has 6 rings (SSSR count). The van der Waals surface area contributed by atoms with Crippen LogP contribution in [0.4, 0.5) is 22.0 Å². The van der Waals surface area contributed by atoms with Gasteiger partial charge in [0.2, 0.25) is 5.95 Å². The molecule has 3 fully saturated rings. The molecule has 1 amide bonds. The number of rotatable bonds is 6. The fourth-order valence-electron chi connectivity index (χ4n) is 6.71. The van der Waals surface area contributed by atoms with E-state index in [4.69, 9.17) is 15.0 Å². The van der Waals surface area contributed by atoms with Crippen molar-refractivity contribution in [3.63, 3.8) is 0 Å². The van der Waals surface area contributed by atoms with Crippen LogP contribution < -0.4 is 14.7 Å². The Balaban J connectivity index is 1.17. The molecule has 1 aliphatic carbocycles. The van der Waals surface area contributed by atoms with Crippen LogP contribution in [-0.2, 0) is 0 Å². The molecule has 1 atom stereocenters. The molecule has 9 heteroatoms. The fraction of sp³-hybridized carbons (Fsp3) is 0.515. The van der Waals surface area contributed by atoms with Crippen molar-refractivity contribution in [1.29, 1.82) is 0 Å². The molecule has 0 bridgehead atoms. The highest BCUT2D eigenvalue weighted by atomic mass is 19.1. The van der Waals surface area contributed by atoms with E-state index in [1.165, 1.54) is 31.4 Å². The zero-order chi connectivity index (χ0) is 29.2. The molecule has 0 radical (unpaired) electrons. The van der Waals surface area contributed by atoms with Crippen molar-refractivity contribution in [2.24, 2.45) is 0 Å². The van der Waals surface area contributed by atoms with E-state index < -0.39 is 0 Å². The standard InChI is InChI=1S/C33H42FN7O/c1-23-20-26(32(42)38(3)28-9-5-4-6-10-28)22-35-31(23)40-18-16-39(17-19-40)30-21-29(25-11-13-27(34)14-12-25)36-33(37-30)41-15-7-8-24(41)2/h11-14,20-22,24,28H,4-10,15-19H2,1-3H3. The second-order valence-corrected chi connectivity index (χ2v) is 12.1. The number of carbonyl (C=O) groups is 1. The molecule has 2 saturated heterocycles. The number of benzene rings is 1. The fourth-order valence-corrected chi connectivity index (χ4v) is 6.71. The minimum atomic E-state index is -0.255. The van der Waals surface area contributed by atoms with Crippen molar-refractivity contribution in [1.82, 2.24) is 19.9 Å². The van der Waals surface area contributed by atoms with E-state index in [9.17, 15) is 9.18 Å². The molecule has 4 heterocycles. The highest BCUT2D eigenvalue weighted by molar-refractivity contribution is 5.94. The summed E-state index contributed by atoms with van der Waals surface area (Å²) in [5.41, 5.74) is 3.39. The number of hydrogen-bond donors (Lipinski definition) is 0. The van der Waals surface area contributed by atoms with E-state index in [2.05, 4.69) is 28.5 Å². The van der Waals surface area contributed by atoms with Crippen LogP contribution in [0.25, 0.3) is 11.3 Å². The van der Waals surface area contributed by atoms with Crippen LogP contribution in [0.3, 0.4) is 0 Å². The van der Waals surface area contributed by atoms with Gasteiger partial charge in [0.25, 0.3) is 5.91 Å². The van der Waals surface area contributed by atoms with Crippen LogP contribution in [0, 0.1) is 12.7 Å². The van der Waals surface area contributed by atoms with Gasteiger partial charge in [0, 0.05) is 69.7 Å². The topological polar surface area (TPSA) is 68.7 Å². The Morgan fingerprint density at radius 3 is 2.29 bits per heavy atom. The van der Waals surface area contributed by atoms with Gasteiger partial charge in [-0.1, -0.05) is 19.3 Å². The molecule has 1 unspecified atom stereocenters. The SMILES string of the molecule is Cc1cc(C(=O)N(C)C2CCCCC2)cnc1N1CCN(c2cc(-c3ccc(F)cc3)nc(N3CCCC3C)n2)CC1. The normalized spacial score (nSPS) is 19.8. The monoisotopic (exact) mass is 571 g/mol. The zero-order valence-electron chi connectivity index (χ0n) is 25.1. The maximum absolute atomic E-state index is 13.7. The molecule has 0 N–H and O–H groups in total. The first-order valence-electron chi connectivity index (χ1n) is 15.5. The second-order valence-electron chi connectivity index (χ2n) is 12.1. The van der Waals surface area contributed by atoms with Crippen molar-refractivity contribution in [3.05, 3.63) is 59.5 Å². The minimum Gasteiger partial charge on any atom is -0.353 e. The number of anilines is 3. The average molecular weight is 572 g/mol. The number of halogens is 1. The third kappa shape index (κ3) is 5.92. The van der Waals surface area contributed by atoms with Gasteiger partial charge in [-0.3, -0.25) is 4.79 Å². The lowest BCUT2D eigenvalue weighted by Gasteiger charge is -2.37. The molecular formula is C33H42FN7O. The van der Waals surface area contributed by atoms with Gasteiger partial charge < -0.3 is 19.6 Å². The van der Waals surface area contributed by atoms with Crippen molar-refractivity contribution >= 4 is 23.5 Å². The Kier molecular flexibility index (Phi) is 8.27. The van der Waals surface area contributed by atoms with Gasteiger partial charge >= 0.3 is 0 Å². The lowest BCUT2D eigenvalue weighted by molar-refractivity contribution is 0.0695. The van der Waals surface area contributed by atoms with E-state index in [1.54, 1.807) is 18.3 Å². The maximum atomic E-state index is 13.7. The second kappa shape index (κ2) is 12.2. The van der Waals surface area contributed by atoms with Crippen molar-refractivity contribution in [2.75, 3.05) is 54.5 Å². The Labute approximate surface area is 248 Å². The van der Waals surface area contributed by atoms with Crippen LogP contribution >= 0.6 is 0 Å². The first-order valence-corrected chi connectivity index (χ1v) is 15.5. The minimum absolute atomic E-state index is 0.0673. The lowest BCUT2D eigenvalue weighted by Crippen LogP contribution is -2.47. The van der Waals surface area contributed by atoms with E-state index >= 15 is 0 Å². The number of pyridine rings is 1. The zero-order valence-corrected chi connectivity index (χ0v) is 25.1. The molecule has 1 aromatic carbocycles. The predicted molar refractivity (Wildman–Crippen MR) is 166 cm³/mol. The smallest absolute Gasteiger partial charge is 0.255 e. The molecule has 2 aliphatic heterocycles. The number of carbonyl (C=O) groups excluding carboxylic acids is 1. The molecule has 3 aromatic rings. The van der Waals surface area contributed by atoms with E-state index in [-0.39, 0.29) is 11.7 Å². The Morgan fingerprint density at radius 1 is 0.905 bits per heavy atom. The van der Waals surface area contributed by atoms with Crippen LogP contribution in [0.15, 0.2) is 42.6 Å². The van der Waals surface area contributed by atoms with Crippen LogP contribution in [-0.4, -0.2) is 77.6 Å². The Morgan fingerprint density at radius 2 is 1.62 bits per heavy atom. The Hall–Kier alpha value is -3.75. The largest absolute Gasteiger partial charge is 0.353 e. The summed E-state index contributed by atoms with van der Waals surface area (Å²) in [5.74, 6) is 2.39.